The van der Waals surface area contributed by atoms with Crippen LogP contribution < -0.4 is 0 Å². The third-order valence-corrected chi connectivity index (χ3v) is 3.80. The lowest BCUT2D eigenvalue weighted by Crippen LogP contribution is -2.52. The quantitative estimate of drug-likeness (QED) is 0.449. The van der Waals surface area contributed by atoms with Crippen molar-refractivity contribution < 1.29 is 4.39 Å². The number of hydrogen-bond acceptors (Lipinski definition) is 2. The van der Waals surface area contributed by atoms with Crippen LogP contribution in [0.1, 0.15) is 5.56 Å². The highest BCUT2D eigenvalue weighted by Gasteiger charge is 2.60. The van der Waals surface area contributed by atoms with E-state index in [-0.39, 0.29) is 18.0 Å². The molecule has 2 saturated heterocycles. The number of hydrogen-bond donors (Lipinski definition) is 0. The summed E-state index contributed by atoms with van der Waals surface area (Å²) in [6.07, 6.45) is -0.825. The summed E-state index contributed by atoms with van der Waals surface area (Å²) in [4.78, 5) is 4.89. The summed E-state index contributed by atoms with van der Waals surface area (Å²) in [6, 6.07) is 9.61. The number of fused-ring (bicyclic) bond motifs is 1. The molecule has 0 aromatic heterocycles. The standard InChI is InChI=1S/C12H13FN4/c13-10-9-7-17(12(10)11(9)15-16-14)6-8-4-2-1-3-5-8/h1-5,9-12H,6-7H2. The van der Waals surface area contributed by atoms with Crippen LogP contribution in [-0.2, 0) is 6.54 Å². The molecular formula is C12H13FN4. The van der Waals surface area contributed by atoms with Crippen molar-refractivity contribution in [2.75, 3.05) is 6.54 Å². The summed E-state index contributed by atoms with van der Waals surface area (Å²) >= 11 is 0. The highest BCUT2D eigenvalue weighted by Crippen LogP contribution is 2.46. The van der Waals surface area contributed by atoms with Gasteiger partial charge in [0.15, 0.2) is 0 Å². The summed E-state index contributed by atoms with van der Waals surface area (Å²) in [5, 5.41) is 3.70. The maximum absolute atomic E-state index is 13.7. The molecule has 3 fully saturated rings. The Labute approximate surface area is 98.7 Å². The Morgan fingerprint density at radius 3 is 2.88 bits per heavy atom. The average Bonchev–Trinajstić information content (AvgIpc) is 2.86. The minimum absolute atomic E-state index is 0.0976. The van der Waals surface area contributed by atoms with E-state index in [1.807, 2.05) is 30.3 Å². The summed E-state index contributed by atoms with van der Waals surface area (Å²) < 4.78 is 13.7. The van der Waals surface area contributed by atoms with Crippen molar-refractivity contribution >= 4 is 0 Å². The van der Waals surface area contributed by atoms with Gasteiger partial charge in [0, 0.05) is 23.9 Å². The van der Waals surface area contributed by atoms with Crippen LogP contribution in [0.2, 0.25) is 0 Å². The molecule has 17 heavy (non-hydrogen) atoms. The van der Waals surface area contributed by atoms with Crippen LogP contribution in [0.25, 0.3) is 10.4 Å². The van der Waals surface area contributed by atoms with Crippen molar-refractivity contribution in [3.8, 4) is 0 Å². The summed E-state index contributed by atoms with van der Waals surface area (Å²) in [7, 11) is 0. The Balaban J connectivity index is 1.73. The number of nitrogens with zero attached hydrogens (tertiary/aromatic N) is 4. The molecule has 0 radical (unpaired) electrons. The van der Waals surface area contributed by atoms with Gasteiger partial charge < -0.3 is 0 Å². The monoisotopic (exact) mass is 232 g/mol. The van der Waals surface area contributed by atoms with Crippen LogP contribution in [0.4, 0.5) is 4.39 Å². The summed E-state index contributed by atoms with van der Waals surface area (Å²) in [6.45, 7) is 1.43. The van der Waals surface area contributed by atoms with E-state index in [0.717, 1.165) is 6.54 Å². The van der Waals surface area contributed by atoms with E-state index in [2.05, 4.69) is 14.9 Å². The van der Waals surface area contributed by atoms with Gasteiger partial charge >= 0.3 is 0 Å². The molecule has 2 aliphatic heterocycles. The minimum Gasteiger partial charge on any atom is -0.292 e. The first-order valence-corrected chi connectivity index (χ1v) is 5.77. The number of azide groups is 1. The van der Waals surface area contributed by atoms with Gasteiger partial charge in [0.2, 0.25) is 0 Å². The molecule has 2 bridgehead atoms. The lowest BCUT2D eigenvalue weighted by molar-refractivity contribution is 0.0751. The molecule has 2 heterocycles. The van der Waals surface area contributed by atoms with Crippen molar-refractivity contribution in [3.63, 3.8) is 0 Å². The van der Waals surface area contributed by atoms with Crippen molar-refractivity contribution in [2.45, 2.75) is 24.8 Å². The van der Waals surface area contributed by atoms with Crippen LogP contribution in [0.5, 0.6) is 0 Å². The third kappa shape index (κ3) is 1.59. The van der Waals surface area contributed by atoms with Crippen LogP contribution in [-0.4, -0.2) is 29.7 Å². The largest absolute Gasteiger partial charge is 0.292 e. The van der Waals surface area contributed by atoms with Crippen molar-refractivity contribution in [3.05, 3.63) is 46.3 Å². The second-order valence-corrected chi connectivity index (χ2v) is 4.71. The fourth-order valence-electron chi connectivity index (χ4n) is 2.96. The number of benzene rings is 1. The SMILES string of the molecule is [N-]=[N+]=NC1C2CN(Cc3ccccc3)C1C2F. The Bertz CT molecular complexity index is 457. The zero-order valence-corrected chi connectivity index (χ0v) is 9.28. The van der Waals surface area contributed by atoms with Crippen molar-refractivity contribution in [1.29, 1.82) is 0 Å². The molecule has 0 amide bonds. The normalized spacial score (nSPS) is 35.1. The second-order valence-electron chi connectivity index (χ2n) is 4.71. The van der Waals surface area contributed by atoms with Crippen LogP contribution in [0.3, 0.4) is 0 Å². The smallest absolute Gasteiger partial charge is 0.120 e. The zero-order chi connectivity index (χ0) is 11.8. The molecular weight excluding hydrogens is 219 g/mol. The fourth-order valence-corrected chi connectivity index (χ4v) is 2.96. The van der Waals surface area contributed by atoms with Gasteiger partial charge in [0.25, 0.3) is 0 Å². The van der Waals surface area contributed by atoms with E-state index in [1.54, 1.807) is 0 Å². The summed E-state index contributed by atoms with van der Waals surface area (Å²) in [5.74, 6) is -0.0976. The molecule has 1 saturated carbocycles. The van der Waals surface area contributed by atoms with E-state index in [4.69, 9.17) is 5.53 Å². The van der Waals surface area contributed by atoms with Gasteiger partial charge in [-0.1, -0.05) is 35.4 Å². The molecule has 0 spiro atoms. The van der Waals surface area contributed by atoms with Gasteiger partial charge in [-0.15, -0.1) is 0 Å². The van der Waals surface area contributed by atoms with Crippen molar-refractivity contribution in [1.82, 2.24) is 4.90 Å². The number of halogens is 1. The van der Waals surface area contributed by atoms with E-state index < -0.39 is 6.17 Å². The third-order valence-electron chi connectivity index (χ3n) is 3.80. The van der Waals surface area contributed by atoms with Crippen LogP contribution >= 0.6 is 0 Å². The first kappa shape index (κ1) is 10.6. The highest BCUT2D eigenvalue weighted by molar-refractivity contribution is 5.20. The molecule has 5 heteroatoms. The molecule has 4 unspecified atom stereocenters. The maximum Gasteiger partial charge on any atom is 0.120 e. The average molecular weight is 232 g/mol. The van der Waals surface area contributed by atoms with Gasteiger partial charge in [0.1, 0.15) is 6.17 Å². The number of alkyl halides is 1. The second kappa shape index (κ2) is 4.02. The van der Waals surface area contributed by atoms with Crippen molar-refractivity contribution in [2.24, 2.45) is 11.0 Å². The topological polar surface area (TPSA) is 52.0 Å². The molecule has 4 nitrogen and oxygen atoms in total. The molecule has 1 aromatic rings. The summed E-state index contributed by atoms with van der Waals surface area (Å²) in [5.41, 5.74) is 9.62. The Morgan fingerprint density at radius 2 is 2.18 bits per heavy atom. The van der Waals surface area contributed by atoms with Gasteiger partial charge in [-0.05, 0) is 11.1 Å². The van der Waals surface area contributed by atoms with Gasteiger partial charge in [-0.2, -0.15) is 0 Å². The van der Waals surface area contributed by atoms with E-state index in [9.17, 15) is 4.39 Å². The first-order chi connectivity index (χ1) is 8.31. The molecule has 1 aromatic carbocycles. The Morgan fingerprint density at radius 1 is 1.41 bits per heavy atom. The molecule has 3 aliphatic rings. The Hall–Kier alpha value is -1.58. The zero-order valence-electron chi connectivity index (χ0n) is 9.28. The van der Waals surface area contributed by atoms with E-state index in [1.165, 1.54) is 5.56 Å². The molecule has 1 aliphatic carbocycles. The lowest BCUT2D eigenvalue weighted by Gasteiger charge is -2.37. The fraction of sp³-hybridized carbons (Fsp3) is 0.500. The predicted octanol–water partition coefficient (Wildman–Crippen LogP) is 2.52. The highest BCUT2D eigenvalue weighted by atomic mass is 19.1. The Kier molecular flexibility index (Phi) is 2.50. The van der Waals surface area contributed by atoms with Crippen LogP contribution in [0.15, 0.2) is 35.4 Å². The lowest BCUT2D eigenvalue weighted by atomic mass is 9.78. The van der Waals surface area contributed by atoms with E-state index in [0.29, 0.717) is 6.54 Å². The first-order valence-electron chi connectivity index (χ1n) is 5.77. The number of rotatable bonds is 3. The minimum atomic E-state index is -0.825. The molecule has 88 valence electrons. The van der Waals surface area contributed by atoms with Crippen LogP contribution in [0, 0.1) is 5.92 Å². The molecule has 4 rings (SSSR count). The van der Waals surface area contributed by atoms with Gasteiger partial charge in [-0.3, -0.25) is 4.90 Å². The van der Waals surface area contributed by atoms with Gasteiger partial charge in [-0.25, -0.2) is 4.39 Å². The molecule has 0 N–H and O–H groups in total. The van der Waals surface area contributed by atoms with Gasteiger partial charge in [0.05, 0.1) is 12.1 Å². The predicted molar refractivity (Wildman–Crippen MR) is 62.0 cm³/mol. The van der Waals surface area contributed by atoms with E-state index >= 15 is 0 Å². The maximum atomic E-state index is 13.7. The molecule has 4 atom stereocenters.